The average molecular weight is 272 g/mol. The molecule has 0 amide bonds. The third-order valence-electron chi connectivity index (χ3n) is 4.49. The lowest BCUT2D eigenvalue weighted by Gasteiger charge is -2.11. The zero-order valence-electron chi connectivity index (χ0n) is 12.7. The summed E-state index contributed by atoms with van der Waals surface area (Å²) in [5, 5.41) is 9.17. The minimum Gasteiger partial charge on any atom is -0.312 e. The Hall–Kier alpha value is -1.42. The molecule has 20 heavy (non-hydrogen) atoms. The van der Waals surface area contributed by atoms with Gasteiger partial charge in [-0.25, -0.2) is 4.98 Å². The first kappa shape index (κ1) is 13.6. The van der Waals surface area contributed by atoms with Crippen LogP contribution in [-0.4, -0.2) is 21.3 Å². The predicted octanol–water partition coefficient (Wildman–Crippen LogP) is 2.80. The fourth-order valence-corrected chi connectivity index (χ4v) is 3.38. The summed E-state index contributed by atoms with van der Waals surface area (Å²) in [7, 11) is 1.95. The van der Waals surface area contributed by atoms with Crippen molar-refractivity contribution in [1.29, 1.82) is 0 Å². The highest BCUT2D eigenvalue weighted by Gasteiger charge is 2.20. The molecule has 1 aliphatic rings. The second-order valence-corrected chi connectivity index (χ2v) is 6.34. The molecule has 1 fully saturated rings. The van der Waals surface area contributed by atoms with Crippen molar-refractivity contribution in [3.8, 4) is 0 Å². The van der Waals surface area contributed by atoms with E-state index in [1.807, 2.05) is 24.9 Å². The van der Waals surface area contributed by atoms with E-state index in [-0.39, 0.29) is 0 Å². The second-order valence-electron chi connectivity index (χ2n) is 6.34. The first-order valence-corrected chi connectivity index (χ1v) is 7.62. The maximum Gasteiger partial charge on any atom is 0.157 e. The number of nitrogens with one attached hydrogen (secondary N) is 1. The van der Waals surface area contributed by atoms with E-state index in [1.54, 1.807) is 0 Å². The minimum atomic E-state index is 0.863. The van der Waals surface area contributed by atoms with Gasteiger partial charge in [-0.1, -0.05) is 13.3 Å². The summed E-state index contributed by atoms with van der Waals surface area (Å²) in [6.45, 7) is 6.45. The topological polar surface area (TPSA) is 42.7 Å². The van der Waals surface area contributed by atoms with Crippen molar-refractivity contribution in [1.82, 2.24) is 20.1 Å². The molecule has 0 radical (unpaired) electrons. The van der Waals surface area contributed by atoms with Crippen molar-refractivity contribution in [2.75, 3.05) is 6.54 Å². The van der Waals surface area contributed by atoms with E-state index in [0.29, 0.717) is 0 Å². The monoisotopic (exact) mass is 272 g/mol. The summed E-state index contributed by atoms with van der Waals surface area (Å²) in [6.07, 6.45) is 6.13. The van der Waals surface area contributed by atoms with Gasteiger partial charge < -0.3 is 5.32 Å². The van der Waals surface area contributed by atoms with Crippen LogP contribution in [0.15, 0.2) is 12.3 Å². The summed E-state index contributed by atoms with van der Waals surface area (Å²) in [5.74, 6) is 1.78. The molecule has 0 spiro atoms. The fourth-order valence-electron chi connectivity index (χ4n) is 3.38. The number of hydrogen-bond acceptors (Lipinski definition) is 3. The first-order chi connectivity index (χ1) is 9.63. The molecule has 1 aliphatic carbocycles. The van der Waals surface area contributed by atoms with E-state index in [0.717, 1.165) is 36.3 Å². The Kier molecular flexibility index (Phi) is 3.74. The summed E-state index contributed by atoms with van der Waals surface area (Å²) in [6, 6.07) is 2.22. The van der Waals surface area contributed by atoms with Crippen LogP contribution in [0.2, 0.25) is 0 Å². The van der Waals surface area contributed by atoms with E-state index < -0.39 is 0 Å². The number of fused-ring (bicyclic) bond motifs is 1. The number of hydrogen-bond donors (Lipinski definition) is 1. The number of nitrogens with zero attached hydrogens (tertiary/aromatic N) is 3. The summed E-state index contributed by atoms with van der Waals surface area (Å²) < 4.78 is 1.85. The largest absolute Gasteiger partial charge is 0.312 e. The molecule has 0 saturated heterocycles. The van der Waals surface area contributed by atoms with Gasteiger partial charge in [0.15, 0.2) is 5.65 Å². The average Bonchev–Trinajstić information content (AvgIpc) is 2.95. The Labute approximate surface area is 120 Å². The molecule has 1 N–H and O–H groups in total. The molecule has 2 atom stereocenters. The van der Waals surface area contributed by atoms with E-state index in [4.69, 9.17) is 0 Å². The van der Waals surface area contributed by atoms with Crippen LogP contribution in [-0.2, 0) is 13.6 Å². The van der Waals surface area contributed by atoms with Crippen LogP contribution in [0.4, 0.5) is 0 Å². The Morgan fingerprint density at radius 3 is 3.00 bits per heavy atom. The molecular formula is C16H24N4. The molecule has 0 aliphatic heterocycles. The summed E-state index contributed by atoms with van der Waals surface area (Å²) in [5.41, 5.74) is 3.27. The van der Waals surface area contributed by atoms with Crippen molar-refractivity contribution >= 4 is 11.0 Å². The molecule has 2 unspecified atom stereocenters. The highest BCUT2D eigenvalue weighted by atomic mass is 15.3. The SMILES string of the molecule is Cc1nn(C)c2ncc(CNCC3CCC(C)C3)cc12. The van der Waals surface area contributed by atoms with Gasteiger partial charge in [-0.3, -0.25) is 4.68 Å². The number of rotatable bonds is 4. The van der Waals surface area contributed by atoms with E-state index in [2.05, 4.69) is 28.4 Å². The maximum absolute atomic E-state index is 4.52. The maximum atomic E-state index is 4.52. The minimum absolute atomic E-state index is 0.863. The van der Waals surface area contributed by atoms with Crippen LogP contribution >= 0.6 is 0 Å². The third kappa shape index (κ3) is 2.70. The highest BCUT2D eigenvalue weighted by Crippen LogP contribution is 2.29. The van der Waals surface area contributed by atoms with Crippen molar-refractivity contribution < 1.29 is 0 Å². The quantitative estimate of drug-likeness (QED) is 0.930. The van der Waals surface area contributed by atoms with Crippen LogP contribution in [0.5, 0.6) is 0 Å². The van der Waals surface area contributed by atoms with Gasteiger partial charge in [0.05, 0.1) is 5.69 Å². The molecule has 3 rings (SSSR count). The van der Waals surface area contributed by atoms with Gasteiger partial charge >= 0.3 is 0 Å². The van der Waals surface area contributed by atoms with E-state index in [1.165, 1.54) is 30.2 Å². The number of pyridine rings is 1. The molecular weight excluding hydrogens is 248 g/mol. The molecule has 4 nitrogen and oxygen atoms in total. The van der Waals surface area contributed by atoms with Gasteiger partial charge in [-0.2, -0.15) is 5.10 Å². The molecule has 0 bridgehead atoms. The number of aryl methyl sites for hydroxylation is 2. The fraction of sp³-hybridized carbons (Fsp3) is 0.625. The predicted molar refractivity (Wildman–Crippen MR) is 81.5 cm³/mol. The lowest BCUT2D eigenvalue weighted by molar-refractivity contribution is 0.470. The molecule has 1 saturated carbocycles. The smallest absolute Gasteiger partial charge is 0.157 e. The molecule has 2 aromatic heterocycles. The van der Waals surface area contributed by atoms with Crippen molar-refractivity contribution in [2.45, 2.75) is 39.7 Å². The molecule has 108 valence electrons. The second kappa shape index (κ2) is 5.52. The van der Waals surface area contributed by atoms with Crippen LogP contribution in [0.1, 0.15) is 37.4 Å². The van der Waals surface area contributed by atoms with Crippen molar-refractivity contribution in [3.63, 3.8) is 0 Å². The van der Waals surface area contributed by atoms with Gasteiger partial charge in [-0.15, -0.1) is 0 Å². The van der Waals surface area contributed by atoms with Gasteiger partial charge in [0.2, 0.25) is 0 Å². The lowest BCUT2D eigenvalue weighted by atomic mass is 10.1. The molecule has 2 aromatic rings. The summed E-state index contributed by atoms with van der Waals surface area (Å²) in [4.78, 5) is 4.52. The highest BCUT2D eigenvalue weighted by molar-refractivity contribution is 5.78. The zero-order chi connectivity index (χ0) is 14.1. The number of aromatic nitrogens is 3. The molecule has 0 aromatic carbocycles. The van der Waals surface area contributed by atoms with Crippen LogP contribution in [0.3, 0.4) is 0 Å². The normalized spacial score (nSPS) is 22.8. The Morgan fingerprint density at radius 1 is 1.40 bits per heavy atom. The van der Waals surface area contributed by atoms with Crippen LogP contribution < -0.4 is 5.32 Å². The Morgan fingerprint density at radius 2 is 2.25 bits per heavy atom. The van der Waals surface area contributed by atoms with Crippen LogP contribution in [0, 0.1) is 18.8 Å². The van der Waals surface area contributed by atoms with Gasteiger partial charge in [-0.05, 0) is 49.8 Å². The standard InChI is InChI=1S/C16H24N4/c1-11-4-5-13(6-11)8-17-9-14-7-15-12(2)19-20(3)16(15)18-10-14/h7,10-11,13,17H,4-6,8-9H2,1-3H3. The first-order valence-electron chi connectivity index (χ1n) is 7.62. The van der Waals surface area contributed by atoms with E-state index >= 15 is 0 Å². The lowest BCUT2D eigenvalue weighted by Crippen LogP contribution is -2.21. The Bertz CT molecular complexity index is 602. The zero-order valence-corrected chi connectivity index (χ0v) is 12.7. The third-order valence-corrected chi connectivity index (χ3v) is 4.49. The van der Waals surface area contributed by atoms with Gasteiger partial charge in [0.25, 0.3) is 0 Å². The molecule has 2 heterocycles. The van der Waals surface area contributed by atoms with Crippen molar-refractivity contribution in [2.24, 2.45) is 18.9 Å². The molecule has 4 heteroatoms. The summed E-state index contributed by atoms with van der Waals surface area (Å²) >= 11 is 0. The Balaban J connectivity index is 1.61. The van der Waals surface area contributed by atoms with Crippen LogP contribution in [0.25, 0.3) is 11.0 Å². The van der Waals surface area contributed by atoms with Crippen molar-refractivity contribution in [3.05, 3.63) is 23.5 Å². The van der Waals surface area contributed by atoms with E-state index in [9.17, 15) is 0 Å². The van der Waals surface area contributed by atoms with Gasteiger partial charge in [0.1, 0.15) is 0 Å². The van der Waals surface area contributed by atoms with Gasteiger partial charge in [0, 0.05) is 25.2 Å².